The SMILES string of the molecule is CN1CCC[C@H]1COc1nc(N2C3CCC2CN(C(=O)OC(C)(C)C)C3)c2c3c(c(-c4ncc(F)c5sc(NC(=O)OC(C)(C)C)c(C#N)c45)c(F)c2n1)COC3. The topological polar surface area (TPSA) is 155 Å². The van der Waals surface area contributed by atoms with Gasteiger partial charge in [0.2, 0.25) is 0 Å². The zero-order valence-electron chi connectivity index (χ0n) is 33.1. The first-order valence-electron chi connectivity index (χ1n) is 19.2. The van der Waals surface area contributed by atoms with E-state index in [-0.39, 0.29) is 80.9 Å². The first-order valence-corrected chi connectivity index (χ1v) is 20.1. The van der Waals surface area contributed by atoms with Crippen LogP contribution in [0, 0.1) is 23.0 Å². The number of piperazine rings is 1. The van der Waals surface area contributed by atoms with E-state index in [2.05, 4.69) is 26.2 Å². The molecule has 0 aliphatic carbocycles. The highest BCUT2D eigenvalue weighted by Crippen LogP contribution is 2.48. The minimum atomic E-state index is -0.832. The number of carbonyl (C=O) groups is 2. The van der Waals surface area contributed by atoms with Gasteiger partial charge in [0.15, 0.2) is 11.6 Å². The number of benzene rings is 1. The number of likely N-dealkylation sites (N-methyl/N-ethyl adjacent to an activating group) is 1. The summed E-state index contributed by atoms with van der Waals surface area (Å²) in [4.78, 5) is 46.3. The fourth-order valence-electron chi connectivity index (χ4n) is 8.43. The van der Waals surface area contributed by atoms with Crippen molar-refractivity contribution in [3.63, 3.8) is 0 Å². The van der Waals surface area contributed by atoms with Crippen LogP contribution in [0.5, 0.6) is 6.01 Å². The number of nitrogens with one attached hydrogen (secondary N) is 1. The molecule has 14 nitrogen and oxygen atoms in total. The summed E-state index contributed by atoms with van der Waals surface area (Å²) in [7, 11) is 2.04. The van der Waals surface area contributed by atoms with Crippen LogP contribution >= 0.6 is 11.3 Å². The molecule has 1 N–H and O–H groups in total. The lowest BCUT2D eigenvalue weighted by Gasteiger charge is -2.42. The molecule has 4 aliphatic heterocycles. The van der Waals surface area contributed by atoms with Gasteiger partial charge in [-0.15, -0.1) is 11.3 Å². The van der Waals surface area contributed by atoms with E-state index in [0.29, 0.717) is 42.0 Å². The number of halogens is 2. The molecule has 4 aliphatic rings. The number of hydrogen-bond donors (Lipinski definition) is 1. The zero-order chi connectivity index (χ0) is 40.6. The minimum absolute atomic E-state index is 0.00444. The fraction of sp³-hybridized carbons (Fsp3) is 0.550. The van der Waals surface area contributed by atoms with E-state index in [1.165, 1.54) is 0 Å². The number of nitriles is 1. The second-order valence-corrected chi connectivity index (χ2v) is 18.2. The lowest BCUT2D eigenvalue weighted by molar-refractivity contribution is 0.0209. The number of amides is 2. The Morgan fingerprint density at radius 1 is 1.02 bits per heavy atom. The van der Waals surface area contributed by atoms with Gasteiger partial charge in [-0.05, 0) is 91.9 Å². The third-order valence-corrected chi connectivity index (χ3v) is 12.0. The van der Waals surface area contributed by atoms with E-state index in [9.17, 15) is 14.9 Å². The van der Waals surface area contributed by atoms with Gasteiger partial charge in [-0.1, -0.05) is 0 Å². The molecule has 7 heterocycles. The van der Waals surface area contributed by atoms with E-state index in [1.807, 2.05) is 27.8 Å². The van der Waals surface area contributed by atoms with Crippen LogP contribution in [0.3, 0.4) is 0 Å². The third-order valence-electron chi connectivity index (χ3n) is 10.8. The molecule has 3 aromatic heterocycles. The number of fused-ring (bicyclic) bond motifs is 6. The molecule has 302 valence electrons. The Labute approximate surface area is 333 Å². The Kier molecular flexibility index (Phi) is 9.89. The number of rotatable bonds is 6. The first kappa shape index (κ1) is 38.9. The molecule has 3 fully saturated rings. The van der Waals surface area contributed by atoms with Crippen LogP contribution < -0.4 is 15.0 Å². The molecule has 0 spiro atoms. The Hall–Kier alpha value is -4.92. The van der Waals surface area contributed by atoms with Crippen molar-refractivity contribution in [2.45, 2.75) is 110 Å². The summed E-state index contributed by atoms with van der Waals surface area (Å²) in [6.45, 7) is 12.8. The quantitative estimate of drug-likeness (QED) is 0.205. The highest BCUT2D eigenvalue weighted by Gasteiger charge is 2.45. The Bertz CT molecular complexity index is 2320. The maximum Gasteiger partial charge on any atom is 0.412 e. The molecule has 2 bridgehead atoms. The molecule has 17 heteroatoms. The number of thiophene rings is 1. The number of carbonyl (C=O) groups excluding carboxylic acids is 2. The Morgan fingerprint density at radius 2 is 1.72 bits per heavy atom. The van der Waals surface area contributed by atoms with Crippen LogP contribution in [0.25, 0.3) is 32.2 Å². The minimum Gasteiger partial charge on any atom is -0.462 e. The number of anilines is 2. The molecule has 57 heavy (non-hydrogen) atoms. The van der Waals surface area contributed by atoms with Gasteiger partial charge >= 0.3 is 18.2 Å². The summed E-state index contributed by atoms with van der Waals surface area (Å²) in [6.07, 6.45) is 3.31. The van der Waals surface area contributed by atoms with Crippen molar-refractivity contribution in [2.75, 3.05) is 43.5 Å². The highest BCUT2D eigenvalue weighted by molar-refractivity contribution is 7.23. The summed E-state index contributed by atoms with van der Waals surface area (Å²) in [5.41, 5.74) is -0.437. The normalized spacial score (nSPS) is 20.9. The van der Waals surface area contributed by atoms with Gasteiger partial charge in [-0.3, -0.25) is 10.3 Å². The molecule has 0 saturated carbocycles. The molecule has 3 saturated heterocycles. The van der Waals surface area contributed by atoms with Crippen molar-refractivity contribution in [1.82, 2.24) is 24.8 Å². The van der Waals surface area contributed by atoms with Gasteiger partial charge in [0.05, 0.1) is 40.8 Å². The van der Waals surface area contributed by atoms with Gasteiger partial charge in [0.1, 0.15) is 40.2 Å². The summed E-state index contributed by atoms with van der Waals surface area (Å²) in [5, 5.41) is 13.6. The number of nitrogens with zero attached hydrogens (tertiary/aromatic N) is 7. The average Bonchev–Trinajstić information content (AvgIpc) is 3.91. The van der Waals surface area contributed by atoms with Crippen molar-refractivity contribution in [3.05, 3.63) is 34.5 Å². The molecule has 3 atom stereocenters. The smallest absolute Gasteiger partial charge is 0.412 e. The summed E-state index contributed by atoms with van der Waals surface area (Å²) in [5.74, 6) is -0.995. The lowest BCUT2D eigenvalue weighted by atomic mass is 9.93. The monoisotopic (exact) mass is 804 g/mol. The molecule has 0 radical (unpaired) electrons. The molecule has 1 aromatic carbocycles. The third kappa shape index (κ3) is 7.27. The van der Waals surface area contributed by atoms with Crippen LogP contribution in [-0.2, 0) is 27.4 Å². The van der Waals surface area contributed by atoms with Crippen molar-refractivity contribution in [3.8, 4) is 23.3 Å². The van der Waals surface area contributed by atoms with Crippen molar-refractivity contribution in [1.29, 1.82) is 5.26 Å². The van der Waals surface area contributed by atoms with Gasteiger partial charge in [-0.25, -0.2) is 18.4 Å². The molecular weight excluding hydrogens is 759 g/mol. The average molecular weight is 805 g/mol. The van der Waals surface area contributed by atoms with Crippen LogP contribution in [-0.4, -0.2) is 99.6 Å². The standard InChI is InChI=1S/C40H46F2N8O6S/c1-39(2,3)55-37(51)47-35-23(13-43)28-31(44-14-26(41)33(28)57-35)27-24-18-53-19-25(24)29-32(30(27)42)45-36(54-17-22-9-8-12-48(22)7)46-34(29)50-20-10-11-21(50)16-49(15-20)38(52)56-40(4,5)6/h14,20-22H,8-12,15-19H2,1-7H3,(H,47,51)/t20?,21?,22-/m0/s1. The van der Waals surface area contributed by atoms with Crippen LogP contribution in [0.2, 0.25) is 0 Å². The predicted molar refractivity (Wildman–Crippen MR) is 209 cm³/mol. The number of pyridine rings is 1. The lowest BCUT2D eigenvalue weighted by Crippen LogP contribution is -2.56. The van der Waals surface area contributed by atoms with Crippen molar-refractivity contribution < 1.29 is 37.3 Å². The van der Waals surface area contributed by atoms with E-state index in [4.69, 9.17) is 28.9 Å². The Morgan fingerprint density at radius 3 is 2.37 bits per heavy atom. The summed E-state index contributed by atoms with van der Waals surface area (Å²) in [6, 6.07) is 1.95. The van der Waals surface area contributed by atoms with Crippen molar-refractivity contribution >= 4 is 55.3 Å². The highest BCUT2D eigenvalue weighted by atomic mass is 32.1. The van der Waals surface area contributed by atoms with Crippen LogP contribution in [0.4, 0.5) is 29.2 Å². The van der Waals surface area contributed by atoms with Crippen LogP contribution in [0.15, 0.2) is 6.20 Å². The predicted octanol–water partition coefficient (Wildman–Crippen LogP) is 7.49. The van der Waals surface area contributed by atoms with Gasteiger partial charge in [0.25, 0.3) is 0 Å². The van der Waals surface area contributed by atoms with E-state index in [1.54, 1.807) is 25.7 Å². The van der Waals surface area contributed by atoms with Gasteiger partial charge in [0, 0.05) is 42.2 Å². The van der Waals surface area contributed by atoms with Gasteiger partial charge in [-0.2, -0.15) is 15.2 Å². The number of ether oxygens (including phenoxy) is 4. The zero-order valence-corrected chi connectivity index (χ0v) is 33.9. The number of likely N-dealkylation sites (tertiary alicyclic amines) is 2. The van der Waals surface area contributed by atoms with Crippen LogP contribution in [0.1, 0.15) is 83.9 Å². The largest absolute Gasteiger partial charge is 0.462 e. The van der Waals surface area contributed by atoms with Crippen molar-refractivity contribution in [2.24, 2.45) is 0 Å². The second-order valence-electron chi connectivity index (χ2n) is 17.2. The summed E-state index contributed by atoms with van der Waals surface area (Å²) < 4.78 is 56.7. The fourth-order valence-corrected chi connectivity index (χ4v) is 9.46. The molecule has 2 unspecified atom stereocenters. The van der Waals surface area contributed by atoms with E-state index in [0.717, 1.165) is 49.8 Å². The number of hydrogen-bond acceptors (Lipinski definition) is 13. The number of aromatic nitrogens is 3. The van der Waals surface area contributed by atoms with E-state index < -0.39 is 28.9 Å². The molecule has 8 rings (SSSR count). The second kappa shape index (κ2) is 14.5. The van der Waals surface area contributed by atoms with Gasteiger partial charge < -0.3 is 33.6 Å². The van der Waals surface area contributed by atoms with E-state index >= 15 is 8.78 Å². The molecular formula is C40H46F2N8O6S. The first-order chi connectivity index (χ1) is 27.0. The maximum atomic E-state index is 17.7. The summed E-state index contributed by atoms with van der Waals surface area (Å²) >= 11 is 0.839. The molecule has 2 amide bonds. The Balaban J connectivity index is 1.28. The maximum absolute atomic E-state index is 17.7. The molecule has 4 aromatic rings.